The molecule has 21 heavy (non-hydrogen) atoms. The van der Waals surface area contributed by atoms with Gasteiger partial charge >= 0.3 is 0 Å². The van der Waals surface area contributed by atoms with E-state index in [0.717, 1.165) is 16.8 Å². The van der Waals surface area contributed by atoms with Crippen LogP contribution in [-0.4, -0.2) is 5.11 Å². The van der Waals surface area contributed by atoms with Crippen LogP contribution in [0.2, 0.25) is 0 Å². The summed E-state index contributed by atoms with van der Waals surface area (Å²) < 4.78 is 12.8. The van der Waals surface area contributed by atoms with Crippen LogP contribution in [0.15, 0.2) is 42.5 Å². The highest BCUT2D eigenvalue weighted by Gasteiger charge is 2.00. The number of aryl methyl sites for hydroxylation is 2. The zero-order valence-corrected chi connectivity index (χ0v) is 12.9. The Kier molecular flexibility index (Phi) is 5.11. The standard InChI is InChI=1S/C16H18FN3S/c1-11-3-4-12(2)15(9-11)19-20-16(21)18-10-13-5-7-14(17)8-6-13/h3-9,19H,10H2,1-2H3,(H2,18,20,21). The summed E-state index contributed by atoms with van der Waals surface area (Å²) in [7, 11) is 0. The van der Waals surface area contributed by atoms with Crippen molar-refractivity contribution >= 4 is 23.0 Å². The first-order valence-electron chi connectivity index (χ1n) is 6.66. The van der Waals surface area contributed by atoms with E-state index in [0.29, 0.717) is 11.7 Å². The Morgan fingerprint density at radius 1 is 1.10 bits per heavy atom. The van der Waals surface area contributed by atoms with E-state index in [1.54, 1.807) is 12.1 Å². The maximum atomic E-state index is 12.8. The van der Waals surface area contributed by atoms with Crippen molar-refractivity contribution in [1.29, 1.82) is 0 Å². The predicted octanol–water partition coefficient (Wildman–Crippen LogP) is 3.43. The summed E-state index contributed by atoms with van der Waals surface area (Å²) in [5.74, 6) is -0.240. The summed E-state index contributed by atoms with van der Waals surface area (Å²) in [6, 6.07) is 12.5. The third-order valence-electron chi connectivity index (χ3n) is 3.07. The second-order valence-electron chi connectivity index (χ2n) is 4.88. The predicted molar refractivity (Wildman–Crippen MR) is 88.5 cm³/mol. The van der Waals surface area contributed by atoms with Crippen molar-refractivity contribution < 1.29 is 4.39 Å². The fourth-order valence-electron chi connectivity index (χ4n) is 1.82. The first-order valence-corrected chi connectivity index (χ1v) is 7.07. The minimum absolute atomic E-state index is 0.240. The minimum Gasteiger partial charge on any atom is -0.357 e. The van der Waals surface area contributed by atoms with E-state index in [1.807, 2.05) is 26.0 Å². The average Bonchev–Trinajstić information content (AvgIpc) is 2.47. The molecule has 0 saturated heterocycles. The maximum Gasteiger partial charge on any atom is 0.185 e. The third-order valence-corrected chi connectivity index (χ3v) is 3.32. The van der Waals surface area contributed by atoms with E-state index in [4.69, 9.17) is 12.2 Å². The fraction of sp³-hybridized carbons (Fsp3) is 0.188. The Bertz CT molecular complexity index is 626. The van der Waals surface area contributed by atoms with Crippen LogP contribution in [0.1, 0.15) is 16.7 Å². The highest BCUT2D eigenvalue weighted by molar-refractivity contribution is 7.80. The zero-order chi connectivity index (χ0) is 15.2. The number of nitrogens with one attached hydrogen (secondary N) is 3. The number of benzene rings is 2. The first-order chi connectivity index (χ1) is 10.0. The largest absolute Gasteiger partial charge is 0.357 e. The molecular formula is C16H18FN3S. The van der Waals surface area contributed by atoms with Crippen LogP contribution >= 0.6 is 12.2 Å². The quantitative estimate of drug-likeness (QED) is 0.597. The van der Waals surface area contributed by atoms with Gasteiger partial charge in [0.25, 0.3) is 0 Å². The van der Waals surface area contributed by atoms with E-state index in [9.17, 15) is 4.39 Å². The minimum atomic E-state index is -0.240. The van der Waals surface area contributed by atoms with Crippen LogP contribution in [-0.2, 0) is 6.54 Å². The molecule has 3 nitrogen and oxygen atoms in total. The van der Waals surface area contributed by atoms with Gasteiger partial charge in [0.05, 0.1) is 5.69 Å². The summed E-state index contributed by atoms with van der Waals surface area (Å²) in [6.07, 6.45) is 0. The van der Waals surface area contributed by atoms with Gasteiger partial charge in [-0.1, -0.05) is 24.3 Å². The fourth-order valence-corrected chi connectivity index (χ4v) is 1.95. The van der Waals surface area contributed by atoms with Crippen molar-refractivity contribution in [2.24, 2.45) is 0 Å². The van der Waals surface area contributed by atoms with Crippen LogP contribution in [0.5, 0.6) is 0 Å². The molecule has 3 N–H and O–H groups in total. The summed E-state index contributed by atoms with van der Waals surface area (Å²) >= 11 is 5.20. The highest BCUT2D eigenvalue weighted by Crippen LogP contribution is 2.14. The Morgan fingerprint density at radius 2 is 1.81 bits per heavy atom. The van der Waals surface area contributed by atoms with Crippen molar-refractivity contribution in [3.8, 4) is 0 Å². The molecule has 2 aromatic rings. The normalized spacial score (nSPS) is 10.0. The van der Waals surface area contributed by atoms with Crippen LogP contribution in [0.3, 0.4) is 0 Å². The van der Waals surface area contributed by atoms with Gasteiger partial charge in [-0.2, -0.15) is 0 Å². The molecule has 0 heterocycles. The summed E-state index contributed by atoms with van der Waals surface area (Å²) in [5, 5.41) is 3.54. The molecule has 0 saturated carbocycles. The molecule has 5 heteroatoms. The van der Waals surface area contributed by atoms with Crippen LogP contribution in [0.25, 0.3) is 0 Å². The Labute approximate surface area is 129 Å². The van der Waals surface area contributed by atoms with Gasteiger partial charge in [0, 0.05) is 6.54 Å². The number of hydrogen-bond donors (Lipinski definition) is 3. The number of thiocarbonyl (C=S) groups is 1. The van der Waals surface area contributed by atoms with Crippen molar-refractivity contribution in [3.63, 3.8) is 0 Å². The number of rotatable bonds is 4. The maximum absolute atomic E-state index is 12.8. The van der Waals surface area contributed by atoms with Crippen LogP contribution < -0.4 is 16.2 Å². The Balaban J connectivity index is 1.82. The lowest BCUT2D eigenvalue weighted by molar-refractivity contribution is 0.626. The second kappa shape index (κ2) is 7.04. The lowest BCUT2D eigenvalue weighted by atomic mass is 10.1. The number of hydrogen-bond acceptors (Lipinski definition) is 2. The molecule has 110 valence electrons. The van der Waals surface area contributed by atoms with Gasteiger partial charge in [0.2, 0.25) is 0 Å². The molecule has 2 aromatic carbocycles. The molecular weight excluding hydrogens is 285 g/mol. The molecule has 0 atom stereocenters. The number of hydrazine groups is 1. The molecule has 0 amide bonds. The van der Waals surface area contributed by atoms with E-state index in [1.165, 1.54) is 17.7 Å². The summed E-state index contributed by atoms with van der Waals surface area (Å²) in [4.78, 5) is 0. The van der Waals surface area contributed by atoms with E-state index < -0.39 is 0 Å². The summed E-state index contributed by atoms with van der Waals surface area (Å²) in [5.41, 5.74) is 10.3. The monoisotopic (exact) mass is 303 g/mol. The van der Waals surface area contributed by atoms with E-state index in [-0.39, 0.29) is 5.82 Å². The molecule has 2 rings (SSSR count). The van der Waals surface area contributed by atoms with Gasteiger partial charge in [-0.05, 0) is 61.0 Å². The zero-order valence-electron chi connectivity index (χ0n) is 12.0. The lowest BCUT2D eigenvalue weighted by Gasteiger charge is -2.14. The van der Waals surface area contributed by atoms with Gasteiger partial charge in [0.1, 0.15) is 5.82 Å². The molecule has 0 spiro atoms. The SMILES string of the molecule is Cc1ccc(C)c(NNC(=S)NCc2ccc(F)cc2)c1. The van der Waals surface area contributed by atoms with Crippen molar-refractivity contribution in [3.05, 3.63) is 65.0 Å². The van der Waals surface area contributed by atoms with Gasteiger partial charge in [-0.15, -0.1) is 0 Å². The number of anilines is 1. The Hall–Kier alpha value is -2.14. The smallest absolute Gasteiger partial charge is 0.185 e. The van der Waals surface area contributed by atoms with E-state index in [2.05, 4.69) is 22.2 Å². The molecule has 0 fully saturated rings. The lowest BCUT2D eigenvalue weighted by Crippen LogP contribution is -2.38. The first kappa shape index (κ1) is 15.3. The van der Waals surface area contributed by atoms with Crippen molar-refractivity contribution in [1.82, 2.24) is 10.7 Å². The molecule has 0 unspecified atom stereocenters. The third kappa shape index (κ3) is 4.72. The molecule has 0 aliphatic rings. The van der Waals surface area contributed by atoms with Gasteiger partial charge in [0.15, 0.2) is 5.11 Å². The second-order valence-corrected chi connectivity index (χ2v) is 5.29. The molecule has 0 radical (unpaired) electrons. The average molecular weight is 303 g/mol. The van der Waals surface area contributed by atoms with Gasteiger partial charge in [-0.3, -0.25) is 10.9 Å². The topological polar surface area (TPSA) is 36.1 Å². The highest BCUT2D eigenvalue weighted by atomic mass is 32.1. The number of halogens is 1. The van der Waals surface area contributed by atoms with Crippen molar-refractivity contribution in [2.45, 2.75) is 20.4 Å². The van der Waals surface area contributed by atoms with Crippen LogP contribution in [0, 0.1) is 19.7 Å². The molecule has 0 aliphatic heterocycles. The summed E-state index contributed by atoms with van der Waals surface area (Å²) in [6.45, 7) is 4.61. The van der Waals surface area contributed by atoms with Gasteiger partial charge in [-0.25, -0.2) is 4.39 Å². The van der Waals surface area contributed by atoms with E-state index >= 15 is 0 Å². The molecule has 0 aromatic heterocycles. The molecule has 0 bridgehead atoms. The van der Waals surface area contributed by atoms with Crippen LogP contribution in [0.4, 0.5) is 10.1 Å². The van der Waals surface area contributed by atoms with Gasteiger partial charge < -0.3 is 5.32 Å². The Morgan fingerprint density at radius 3 is 2.52 bits per heavy atom. The molecule has 0 aliphatic carbocycles. The van der Waals surface area contributed by atoms with Crippen molar-refractivity contribution in [2.75, 3.05) is 5.43 Å².